The van der Waals surface area contributed by atoms with Crippen LogP contribution in [-0.4, -0.2) is 15.4 Å². The van der Waals surface area contributed by atoms with Crippen molar-refractivity contribution in [1.29, 1.82) is 5.26 Å². The Bertz CT molecular complexity index is 531. The molecule has 0 saturated heterocycles. The molecule has 80 valence electrons. The Kier molecular flexibility index (Phi) is 3.61. The van der Waals surface area contributed by atoms with E-state index in [-0.39, 0.29) is 10.9 Å². The molecule has 0 spiro atoms. The molecule has 1 rings (SSSR count). The number of aromatic nitrogens is 1. The summed E-state index contributed by atoms with van der Waals surface area (Å²) in [5.41, 5.74) is 0.392. The molecule has 1 aromatic heterocycles. The highest BCUT2D eigenvalue weighted by molar-refractivity contribution is 7.92. The first kappa shape index (κ1) is 11.9. The van der Waals surface area contributed by atoms with E-state index in [0.717, 1.165) is 6.07 Å². The third-order valence-electron chi connectivity index (χ3n) is 1.52. The van der Waals surface area contributed by atoms with E-state index in [4.69, 9.17) is 16.9 Å². The molecule has 0 fully saturated rings. The number of hydrogen-bond acceptors (Lipinski definition) is 4. The lowest BCUT2D eigenvalue weighted by Crippen LogP contribution is -2.01. The van der Waals surface area contributed by atoms with Crippen molar-refractivity contribution in [3.05, 3.63) is 28.8 Å². The van der Waals surface area contributed by atoms with E-state index >= 15 is 0 Å². The average Bonchev–Trinajstić information content (AvgIpc) is 2.10. The molecule has 0 N–H and O–H groups in total. The molecule has 0 saturated carbocycles. The van der Waals surface area contributed by atoms with Crippen molar-refractivity contribution in [2.45, 2.75) is 5.75 Å². The average molecular weight is 248 g/mol. The largest absolute Gasteiger partial charge is 0.249 e. The van der Waals surface area contributed by atoms with Crippen LogP contribution < -0.4 is 0 Å². The van der Waals surface area contributed by atoms with Gasteiger partial charge in [0.1, 0.15) is 0 Å². The maximum Gasteiger partial charge on any atom is 0.214 e. The summed E-state index contributed by atoms with van der Waals surface area (Å²) in [5.74, 6) is -0.705. The monoisotopic (exact) mass is 247 g/mol. The molecule has 0 aromatic carbocycles. The van der Waals surface area contributed by atoms with Crippen LogP contribution in [0.4, 0.5) is 4.39 Å². The van der Waals surface area contributed by atoms with Crippen molar-refractivity contribution in [2.75, 3.05) is 6.26 Å². The minimum absolute atomic E-state index is 0.0261. The van der Waals surface area contributed by atoms with Crippen LogP contribution in [-0.2, 0) is 15.5 Å². The molecule has 1 heterocycles. The van der Waals surface area contributed by atoms with Gasteiger partial charge in [-0.05, 0) is 11.6 Å². The maximum atomic E-state index is 13.0. The Hall–Kier alpha value is -1.19. The van der Waals surface area contributed by atoms with E-state index in [1.54, 1.807) is 0 Å². The summed E-state index contributed by atoms with van der Waals surface area (Å²) in [6.07, 6.45) is 4.09. The van der Waals surface area contributed by atoms with Crippen LogP contribution >= 0.6 is 11.6 Å². The first-order valence-corrected chi connectivity index (χ1v) is 6.29. The van der Waals surface area contributed by atoms with E-state index in [1.165, 1.54) is 18.6 Å². The zero-order valence-corrected chi connectivity index (χ0v) is 9.35. The predicted octanol–water partition coefficient (Wildman–Crippen LogP) is 1.95. The number of hydrogen-bond donors (Lipinski definition) is 0. The zero-order valence-electron chi connectivity index (χ0n) is 7.78. The van der Waals surface area contributed by atoms with Crippen molar-refractivity contribution in [1.82, 2.24) is 4.98 Å². The fourth-order valence-electron chi connectivity index (χ4n) is 0.968. The van der Waals surface area contributed by atoms with Gasteiger partial charge in [-0.1, -0.05) is 11.6 Å². The van der Waals surface area contributed by atoms with Crippen molar-refractivity contribution < 1.29 is 8.60 Å². The number of rotatable bonds is 2. The van der Waals surface area contributed by atoms with Crippen molar-refractivity contribution in [3.8, 4) is 6.19 Å². The normalized spacial score (nSPS) is 14.0. The smallest absolute Gasteiger partial charge is 0.214 e. The van der Waals surface area contributed by atoms with Gasteiger partial charge in [-0.2, -0.15) is 5.26 Å². The Morgan fingerprint density at radius 1 is 1.80 bits per heavy atom. The number of nitriles is 1. The summed E-state index contributed by atoms with van der Waals surface area (Å²) < 4.78 is 27.8. The quantitative estimate of drug-likeness (QED) is 0.593. The van der Waals surface area contributed by atoms with E-state index in [2.05, 4.69) is 9.35 Å². The molecule has 0 radical (unpaired) electrons. The van der Waals surface area contributed by atoms with Crippen LogP contribution in [0.15, 0.2) is 16.6 Å². The van der Waals surface area contributed by atoms with Crippen LogP contribution in [0, 0.1) is 17.3 Å². The fraction of sp³-hybridized carbons (Fsp3) is 0.250. The summed E-state index contributed by atoms with van der Waals surface area (Å²) in [6, 6.07) is 1.13. The Balaban J connectivity index is 3.03. The standard InChI is InChI=1S/C8H7ClFN3OS/c1-15(14,13-5-11)4-6-2-7(10)8(9)12-3-6/h2-3H,4H2,1H3. The SMILES string of the molecule is CS(=O)(Cc1cnc(Cl)c(F)c1)=NC#N. The van der Waals surface area contributed by atoms with Crippen LogP contribution in [0.2, 0.25) is 5.15 Å². The van der Waals surface area contributed by atoms with Gasteiger partial charge in [-0.25, -0.2) is 13.6 Å². The highest BCUT2D eigenvalue weighted by Crippen LogP contribution is 2.14. The van der Waals surface area contributed by atoms with Gasteiger partial charge in [-0.3, -0.25) is 0 Å². The zero-order chi connectivity index (χ0) is 11.5. The number of pyridine rings is 1. The van der Waals surface area contributed by atoms with E-state index in [9.17, 15) is 8.60 Å². The highest BCUT2D eigenvalue weighted by atomic mass is 35.5. The number of nitrogens with zero attached hydrogens (tertiary/aromatic N) is 3. The summed E-state index contributed by atoms with van der Waals surface area (Å²) in [7, 11) is -2.65. The molecular weight excluding hydrogens is 241 g/mol. The van der Waals surface area contributed by atoms with Crippen molar-refractivity contribution >= 4 is 21.3 Å². The molecule has 7 heteroatoms. The Labute approximate surface area is 91.9 Å². The molecule has 0 aliphatic heterocycles. The molecular formula is C8H7ClFN3OS. The summed E-state index contributed by atoms with van der Waals surface area (Å²) >= 11 is 5.38. The van der Waals surface area contributed by atoms with Gasteiger partial charge in [0.15, 0.2) is 11.0 Å². The molecule has 1 atom stereocenters. The lowest BCUT2D eigenvalue weighted by atomic mass is 10.3. The molecule has 0 bridgehead atoms. The Morgan fingerprint density at radius 2 is 2.47 bits per heavy atom. The van der Waals surface area contributed by atoms with Crippen molar-refractivity contribution in [3.63, 3.8) is 0 Å². The van der Waals surface area contributed by atoms with E-state index in [1.807, 2.05) is 0 Å². The van der Waals surface area contributed by atoms with Gasteiger partial charge in [0, 0.05) is 12.5 Å². The van der Waals surface area contributed by atoms with E-state index in [0.29, 0.717) is 5.56 Å². The molecule has 1 aromatic rings. The third-order valence-corrected chi connectivity index (χ3v) is 3.14. The summed E-state index contributed by atoms with van der Waals surface area (Å²) in [4.78, 5) is 3.56. The second kappa shape index (κ2) is 4.55. The van der Waals surface area contributed by atoms with Crippen LogP contribution in [0.25, 0.3) is 0 Å². The second-order valence-electron chi connectivity index (χ2n) is 2.91. The minimum Gasteiger partial charge on any atom is -0.249 e. The van der Waals surface area contributed by atoms with Gasteiger partial charge in [-0.15, -0.1) is 4.36 Å². The van der Waals surface area contributed by atoms with E-state index < -0.39 is 15.5 Å². The van der Waals surface area contributed by atoms with Crippen LogP contribution in [0.1, 0.15) is 5.56 Å². The van der Waals surface area contributed by atoms with Crippen LogP contribution in [0.3, 0.4) is 0 Å². The fourth-order valence-corrected chi connectivity index (χ4v) is 2.08. The first-order chi connectivity index (χ1) is 6.94. The predicted molar refractivity (Wildman–Crippen MR) is 55.0 cm³/mol. The summed E-state index contributed by atoms with van der Waals surface area (Å²) in [5, 5.41) is 8.03. The highest BCUT2D eigenvalue weighted by Gasteiger charge is 2.07. The topological polar surface area (TPSA) is 66.1 Å². The molecule has 15 heavy (non-hydrogen) atoms. The molecule has 0 aliphatic rings. The van der Waals surface area contributed by atoms with Gasteiger partial charge < -0.3 is 0 Å². The Morgan fingerprint density at radius 3 is 3.00 bits per heavy atom. The van der Waals surface area contributed by atoms with Gasteiger partial charge in [0.2, 0.25) is 6.19 Å². The van der Waals surface area contributed by atoms with Gasteiger partial charge in [0.05, 0.1) is 15.5 Å². The molecule has 1 unspecified atom stereocenters. The number of halogens is 2. The minimum atomic E-state index is -2.65. The second-order valence-corrected chi connectivity index (χ2v) is 5.66. The first-order valence-electron chi connectivity index (χ1n) is 3.82. The molecule has 4 nitrogen and oxygen atoms in total. The van der Waals surface area contributed by atoms with Gasteiger partial charge >= 0.3 is 0 Å². The maximum absolute atomic E-state index is 13.0. The summed E-state index contributed by atoms with van der Waals surface area (Å²) in [6.45, 7) is 0. The molecule has 0 aliphatic carbocycles. The van der Waals surface area contributed by atoms with Gasteiger partial charge in [0.25, 0.3) is 0 Å². The van der Waals surface area contributed by atoms with Crippen LogP contribution in [0.5, 0.6) is 0 Å². The lowest BCUT2D eigenvalue weighted by Gasteiger charge is -2.02. The molecule has 0 amide bonds. The lowest BCUT2D eigenvalue weighted by molar-refractivity contribution is 0.620. The third kappa shape index (κ3) is 3.46. The van der Waals surface area contributed by atoms with Crippen molar-refractivity contribution in [2.24, 2.45) is 4.36 Å².